The van der Waals surface area contributed by atoms with Gasteiger partial charge < -0.3 is 5.32 Å². The Morgan fingerprint density at radius 2 is 1.61 bits per heavy atom. The first-order chi connectivity index (χ1) is 10.8. The molecule has 0 saturated heterocycles. The maximum atomic E-state index is 12.3. The molecular weight excluding hydrogens is 326 g/mol. The Labute approximate surface area is 147 Å². The van der Waals surface area contributed by atoms with Crippen LogP contribution in [0.5, 0.6) is 0 Å². The summed E-state index contributed by atoms with van der Waals surface area (Å²) in [7, 11) is 0. The molecule has 0 bridgehead atoms. The third-order valence-electron chi connectivity index (χ3n) is 4.11. The van der Waals surface area contributed by atoms with Crippen molar-refractivity contribution in [3.05, 3.63) is 57.1 Å². The number of amides is 1. The first-order valence-electron chi connectivity index (χ1n) is 7.55. The van der Waals surface area contributed by atoms with Crippen molar-refractivity contribution in [1.29, 1.82) is 0 Å². The van der Waals surface area contributed by atoms with Crippen LogP contribution in [0.15, 0.2) is 29.2 Å². The minimum Gasteiger partial charge on any atom is -0.325 e. The van der Waals surface area contributed by atoms with Crippen LogP contribution in [-0.2, 0) is 4.79 Å². The van der Waals surface area contributed by atoms with E-state index in [1.807, 2.05) is 19.1 Å². The number of rotatable bonds is 4. The lowest BCUT2D eigenvalue weighted by atomic mass is 10.0. The highest BCUT2D eigenvalue weighted by molar-refractivity contribution is 8.00. The summed E-state index contributed by atoms with van der Waals surface area (Å²) in [5, 5.41) is 3.63. The smallest absolute Gasteiger partial charge is 0.234 e. The zero-order valence-corrected chi connectivity index (χ0v) is 15.8. The molecule has 1 N–H and O–H groups in total. The van der Waals surface area contributed by atoms with Crippen molar-refractivity contribution in [2.45, 2.75) is 39.5 Å². The number of nitrogens with one attached hydrogen (secondary N) is 1. The van der Waals surface area contributed by atoms with Crippen molar-refractivity contribution in [2.75, 3.05) is 11.1 Å². The Hall–Kier alpha value is -1.45. The van der Waals surface area contributed by atoms with Gasteiger partial charge in [0.2, 0.25) is 5.91 Å². The summed E-state index contributed by atoms with van der Waals surface area (Å²) in [6.45, 7) is 10.4. The van der Waals surface area contributed by atoms with Gasteiger partial charge in [-0.3, -0.25) is 4.79 Å². The van der Waals surface area contributed by atoms with Crippen LogP contribution in [0.3, 0.4) is 0 Å². The molecule has 4 heteroatoms. The summed E-state index contributed by atoms with van der Waals surface area (Å²) >= 11 is 7.54. The fourth-order valence-electron chi connectivity index (χ4n) is 2.49. The predicted molar refractivity (Wildman–Crippen MR) is 101 cm³/mol. The number of thioether (sulfide) groups is 1. The standard InChI is InChI=1S/C19H22ClNOS/c1-11-8-12(2)15(5)19(14(11)4)23-10-18(22)21-17-7-6-16(20)9-13(17)3/h6-9H,10H2,1-5H3,(H,21,22). The molecule has 2 rings (SSSR count). The summed E-state index contributed by atoms with van der Waals surface area (Å²) in [6.07, 6.45) is 0. The average molecular weight is 348 g/mol. The van der Waals surface area contributed by atoms with E-state index >= 15 is 0 Å². The number of hydrogen-bond donors (Lipinski definition) is 1. The topological polar surface area (TPSA) is 29.1 Å². The van der Waals surface area contributed by atoms with Gasteiger partial charge in [-0.1, -0.05) is 17.7 Å². The van der Waals surface area contributed by atoms with Crippen LogP contribution in [0, 0.1) is 34.6 Å². The van der Waals surface area contributed by atoms with Crippen LogP contribution in [0.1, 0.15) is 27.8 Å². The molecule has 0 radical (unpaired) electrons. The van der Waals surface area contributed by atoms with Crippen LogP contribution < -0.4 is 5.32 Å². The number of anilines is 1. The van der Waals surface area contributed by atoms with E-state index in [4.69, 9.17) is 11.6 Å². The highest BCUT2D eigenvalue weighted by atomic mass is 35.5. The largest absolute Gasteiger partial charge is 0.325 e. The molecule has 122 valence electrons. The Morgan fingerprint density at radius 1 is 1.00 bits per heavy atom. The number of hydrogen-bond acceptors (Lipinski definition) is 2. The van der Waals surface area contributed by atoms with E-state index in [2.05, 4.69) is 39.1 Å². The lowest BCUT2D eigenvalue weighted by Crippen LogP contribution is -2.15. The molecule has 0 atom stereocenters. The fourth-order valence-corrected chi connectivity index (χ4v) is 3.82. The third kappa shape index (κ3) is 4.30. The SMILES string of the molecule is Cc1cc(Cl)ccc1NC(=O)CSc1c(C)c(C)cc(C)c1C. The van der Waals surface area contributed by atoms with Gasteiger partial charge in [-0.15, -0.1) is 11.8 Å². The Morgan fingerprint density at radius 3 is 2.17 bits per heavy atom. The van der Waals surface area contributed by atoms with Crippen LogP contribution in [-0.4, -0.2) is 11.7 Å². The highest BCUT2D eigenvalue weighted by Crippen LogP contribution is 2.31. The number of carbonyl (C=O) groups excluding carboxylic acids is 1. The van der Waals surface area contributed by atoms with Gasteiger partial charge in [-0.05, 0) is 80.6 Å². The maximum absolute atomic E-state index is 12.3. The Bertz CT molecular complexity index is 729. The molecular formula is C19H22ClNOS. The van der Waals surface area contributed by atoms with Crippen molar-refractivity contribution in [2.24, 2.45) is 0 Å². The first kappa shape index (κ1) is 17.9. The van der Waals surface area contributed by atoms with Crippen molar-refractivity contribution < 1.29 is 4.79 Å². The Kier molecular flexibility index (Phi) is 5.77. The molecule has 0 aliphatic heterocycles. The summed E-state index contributed by atoms with van der Waals surface area (Å²) in [6, 6.07) is 7.68. The fraction of sp³-hybridized carbons (Fsp3) is 0.316. The van der Waals surface area contributed by atoms with Crippen LogP contribution >= 0.6 is 23.4 Å². The third-order valence-corrected chi connectivity index (χ3v) is 5.65. The minimum absolute atomic E-state index is 0.00150. The van der Waals surface area contributed by atoms with E-state index in [-0.39, 0.29) is 5.91 Å². The molecule has 0 aromatic heterocycles. The van der Waals surface area contributed by atoms with E-state index in [0.717, 1.165) is 11.3 Å². The van der Waals surface area contributed by atoms with Gasteiger partial charge in [0.05, 0.1) is 5.75 Å². The average Bonchev–Trinajstić information content (AvgIpc) is 2.48. The number of carbonyl (C=O) groups is 1. The summed E-state index contributed by atoms with van der Waals surface area (Å²) < 4.78 is 0. The molecule has 2 nitrogen and oxygen atoms in total. The molecule has 2 aromatic rings. The van der Waals surface area contributed by atoms with Gasteiger partial charge >= 0.3 is 0 Å². The Balaban J connectivity index is 2.08. The van der Waals surface area contributed by atoms with Gasteiger partial charge in [0.25, 0.3) is 0 Å². The van der Waals surface area contributed by atoms with Crippen molar-refractivity contribution in [1.82, 2.24) is 0 Å². The predicted octanol–water partition coefficient (Wildman–Crippen LogP) is 5.61. The van der Waals surface area contributed by atoms with Gasteiger partial charge in [0.15, 0.2) is 0 Å². The normalized spacial score (nSPS) is 10.7. The van der Waals surface area contributed by atoms with Crippen molar-refractivity contribution in [3.8, 4) is 0 Å². The monoisotopic (exact) mass is 347 g/mol. The zero-order chi connectivity index (χ0) is 17.1. The minimum atomic E-state index is -0.00150. The lowest BCUT2D eigenvalue weighted by molar-refractivity contribution is -0.113. The number of halogens is 1. The lowest BCUT2D eigenvalue weighted by Gasteiger charge is -2.15. The first-order valence-corrected chi connectivity index (χ1v) is 8.92. The van der Waals surface area contributed by atoms with Crippen LogP contribution in [0.4, 0.5) is 5.69 Å². The molecule has 0 aliphatic rings. The van der Waals surface area contributed by atoms with E-state index in [1.165, 1.54) is 27.1 Å². The van der Waals surface area contributed by atoms with E-state index < -0.39 is 0 Å². The van der Waals surface area contributed by atoms with Crippen LogP contribution in [0.2, 0.25) is 5.02 Å². The molecule has 0 aliphatic carbocycles. The van der Waals surface area contributed by atoms with E-state index in [9.17, 15) is 4.79 Å². The highest BCUT2D eigenvalue weighted by Gasteiger charge is 2.12. The second kappa shape index (κ2) is 7.41. The van der Waals surface area contributed by atoms with Gasteiger partial charge in [0, 0.05) is 15.6 Å². The van der Waals surface area contributed by atoms with Crippen molar-refractivity contribution >= 4 is 35.0 Å². The second-order valence-electron chi connectivity index (χ2n) is 5.89. The zero-order valence-electron chi connectivity index (χ0n) is 14.2. The molecule has 2 aromatic carbocycles. The number of benzene rings is 2. The van der Waals surface area contributed by atoms with Gasteiger partial charge in [0.1, 0.15) is 0 Å². The van der Waals surface area contributed by atoms with Crippen molar-refractivity contribution in [3.63, 3.8) is 0 Å². The van der Waals surface area contributed by atoms with E-state index in [0.29, 0.717) is 10.8 Å². The van der Waals surface area contributed by atoms with E-state index in [1.54, 1.807) is 17.8 Å². The molecule has 23 heavy (non-hydrogen) atoms. The summed E-state index contributed by atoms with van der Waals surface area (Å²) in [5.74, 6) is 0.394. The molecule has 1 amide bonds. The molecule has 0 heterocycles. The summed E-state index contributed by atoms with van der Waals surface area (Å²) in [4.78, 5) is 13.5. The number of aryl methyl sites for hydroxylation is 3. The quantitative estimate of drug-likeness (QED) is 0.728. The van der Waals surface area contributed by atoms with Gasteiger partial charge in [-0.2, -0.15) is 0 Å². The molecule has 0 spiro atoms. The summed E-state index contributed by atoms with van der Waals surface area (Å²) in [5.41, 5.74) is 6.83. The molecule has 0 unspecified atom stereocenters. The second-order valence-corrected chi connectivity index (χ2v) is 7.31. The maximum Gasteiger partial charge on any atom is 0.234 e. The van der Waals surface area contributed by atoms with Crippen LogP contribution in [0.25, 0.3) is 0 Å². The molecule has 0 fully saturated rings. The molecule has 0 saturated carbocycles. The van der Waals surface area contributed by atoms with Gasteiger partial charge in [-0.25, -0.2) is 0 Å².